The van der Waals surface area contributed by atoms with Crippen molar-refractivity contribution in [2.75, 3.05) is 32.6 Å². The Morgan fingerprint density at radius 2 is 1.63 bits per heavy atom. The first-order valence-corrected chi connectivity index (χ1v) is 11.7. The van der Waals surface area contributed by atoms with Crippen molar-refractivity contribution >= 4 is 23.5 Å². The van der Waals surface area contributed by atoms with E-state index in [4.69, 9.17) is 9.47 Å². The highest BCUT2D eigenvalue weighted by Crippen LogP contribution is 2.28. The minimum absolute atomic E-state index is 0.160. The Bertz CT molecular complexity index is 1360. The first kappa shape index (κ1) is 26.5. The van der Waals surface area contributed by atoms with Crippen LogP contribution in [-0.2, 0) is 0 Å². The van der Waals surface area contributed by atoms with Crippen molar-refractivity contribution in [2.45, 2.75) is 18.9 Å². The summed E-state index contributed by atoms with van der Waals surface area (Å²) in [6.45, 7) is 0.818. The number of hydrogen-bond acceptors (Lipinski definition) is 7. The van der Waals surface area contributed by atoms with Crippen LogP contribution in [0.5, 0.6) is 11.5 Å². The van der Waals surface area contributed by atoms with Gasteiger partial charge in [0.05, 0.1) is 19.8 Å². The number of carbonyl (C=O) groups is 3. The maximum absolute atomic E-state index is 14.0. The molecule has 0 saturated carbocycles. The summed E-state index contributed by atoms with van der Waals surface area (Å²) >= 11 is 0. The second kappa shape index (κ2) is 11.6. The Kier molecular flexibility index (Phi) is 8.09. The van der Waals surface area contributed by atoms with Crippen LogP contribution in [0, 0.1) is 11.6 Å². The van der Waals surface area contributed by atoms with Crippen molar-refractivity contribution in [3.63, 3.8) is 0 Å². The Labute approximate surface area is 217 Å². The first-order chi connectivity index (χ1) is 18.3. The number of anilines is 1. The van der Waals surface area contributed by atoms with Crippen molar-refractivity contribution in [3.05, 3.63) is 77.2 Å². The van der Waals surface area contributed by atoms with E-state index in [9.17, 15) is 23.2 Å². The summed E-state index contributed by atoms with van der Waals surface area (Å²) in [6, 6.07) is 7.23. The van der Waals surface area contributed by atoms with E-state index in [1.54, 1.807) is 23.1 Å². The lowest BCUT2D eigenvalue weighted by Gasteiger charge is -2.32. The number of carbonyl (C=O) groups excluding carboxylic acids is 3. The Morgan fingerprint density at radius 3 is 2.32 bits per heavy atom. The van der Waals surface area contributed by atoms with Gasteiger partial charge in [-0.15, -0.1) is 0 Å². The number of benzene rings is 2. The van der Waals surface area contributed by atoms with Crippen LogP contribution in [-0.4, -0.2) is 65.9 Å². The van der Waals surface area contributed by atoms with Crippen molar-refractivity contribution in [1.82, 2.24) is 20.2 Å². The summed E-state index contributed by atoms with van der Waals surface area (Å²) in [6.07, 6.45) is 3.54. The van der Waals surface area contributed by atoms with Crippen LogP contribution < -0.4 is 20.1 Å². The predicted molar refractivity (Wildman–Crippen MR) is 132 cm³/mol. The van der Waals surface area contributed by atoms with E-state index in [1.165, 1.54) is 26.6 Å². The minimum Gasteiger partial charge on any atom is -0.493 e. The smallest absolute Gasteiger partial charge is 0.273 e. The van der Waals surface area contributed by atoms with Gasteiger partial charge in [-0.05, 0) is 43.2 Å². The van der Waals surface area contributed by atoms with Crippen LogP contribution in [0.15, 0.2) is 48.8 Å². The Morgan fingerprint density at radius 1 is 0.921 bits per heavy atom. The van der Waals surface area contributed by atoms with Crippen LogP contribution in [0.2, 0.25) is 0 Å². The van der Waals surface area contributed by atoms with Crippen molar-refractivity contribution in [1.29, 1.82) is 0 Å². The van der Waals surface area contributed by atoms with Crippen LogP contribution in [0.25, 0.3) is 0 Å². The van der Waals surface area contributed by atoms with Gasteiger partial charge in [0.15, 0.2) is 23.0 Å². The summed E-state index contributed by atoms with van der Waals surface area (Å²) in [5.41, 5.74) is -0.107. The zero-order valence-electron chi connectivity index (χ0n) is 20.7. The third-order valence-corrected chi connectivity index (χ3v) is 6.07. The number of aromatic nitrogens is 2. The predicted octanol–water partition coefficient (Wildman–Crippen LogP) is 3.06. The Balaban J connectivity index is 1.37. The van der Waals surface area contributed by atoms with Gasteiger partial charge >= 0.3 is 0 Å². The highest BCUT2D eigenvalue weighted by Gasteiger charge is 2.27. The van der Waals surface area contributed by atoms with Gasteiger partial charge in [-0.1, -0.05) is 0 Å². The van der Waals surface area contributed by atoms with E-state index in [2.05, 4.69) is 20.6 Å². The molecule has 1 fully saturated rings. The molecule has 2 aromatic carbocycles. The molecule has 3 amide bonds. The largest absolute Gasteiger partial charge is 0.493 e. The maximum atomic E-state index is 14.0. The van der Waals surface area contributed by atoms with E-state index in [0.29, 0.717) is 49.1 Å². The molecule has 1 aliphatic rings. The fourth-order valence-electron chi connectivity index (χ4n) is 4.08. The molecule has 38 heavy (non-hydrogen) atoms. The van der Waals surface area contributed by atoms with Gasteiger partial charge in [-0.3, -0.25) is 14.4 Å². The molecule has 0 bridgehead atoms. The molecule has 1 aliphatic heterocycles. The van der Waals surface area contributed by atoms with E-state index in [-0.39, 0.29) is 23.5 Å². The number of halogens is 2. The number of piperidine rings is 1. The molecule has 0 atom stereocenters. The molecule has 10 nitrogen and oxygen atoms in total. The summed E-state index contributed by atoms with van der Waals surface area (Å²) in [7, 11) is 3.01. The lowest BCUT2D eigenvalue weighted by molar-refractivity contribution is 0.0697. The molecule has 12 heteroatoms. The quantitative estimate of drug-likeness (QED) is 0.486. The lowest BCUT2D eigenvalue weighted by Crippen LogP contribution is -2.46. The molecular weight excluding hydrogens is 500 g/mol. The lowest BCUT2D eigenvalue weighted by atomic mass is 10.0. The highest BCUT2D eigenvalue weighted by atomic mass is 19.1. The zero-order valence-corrected chi connectivity index (χ0v) is 20.7. The molecule has 0 spiro atoms. The number of likely N-dealkylation sites (tertiary alicyclic amines) is 1. The van der Waals surface area contributed by atoms with E-state index >= 15 is 0 Å². The van der Waals surface area contributed by atoms with Gasteiger partial charge in [0.2, 0.25) is 0 Å². The first-order valence-electron chi connectivity index (χ1n) is 11.7. The van der Waals surface area contributed by atoms with Crippen LogP contribution in [0.4, 0.5) is 14.6 Å². The molecule has 4 rings (SSSR count). The third kappa shape index (κ3) is 5.85. The van der Waals surface area contributed by atoms with Crippen molar-refractivity contribution < 1.29 is 32.6 Å². The number of amides is 3. The number of methoxy groups -OCH3 is 2. The normalized spacial score (nSPS) is 13.5. The summed E-state index contributed by atoms with van der Waals surface area (Å²) in [5.74, 6) is -2.72. The molecule has 1 aromatic heterocycles. The molecule has 0 aliphatic carbocycles. The Hall–Kier alpha value is -4.61. The molecule has 198 valence electrons. The number of ether oxygens (including phenoxy) is 2. The number of hydrogen-bond donors (Lipinski definition) is 2. The molecule has 2 N–H and O–H groups in total. The number of rotatable bonds is 7. The molecule has 2 heterocycles. The van der Waals surface area contributed by atoms with Gasteiger partial charge in [-0.2, -0.15) is 0 Å². The molecule has 0 unspecified atom stereocenters. The summed E-state index contributed by atoms with van der Waals surface area (Å²) in [5, 5.41) is 5.20. The summed E-state index contributed by atoms with van der Waals surface area (Å²) < 4.78 is 37.6. The fraction of sp³-hybridized carbons (Fsp3) is 0.269. The highest BCUT2D eigenvalue weighted by molar-refractivity contribution is 6.07. The van der Waals surface area contributed by atoms with Crippen LogP contribution in [0.1, 0.15) is 44.0 Å². The molecule has 1 saturated heterocycles. The van der Waals surface area contributed by atoms with Gasteiger partial charge in [0.25, 0.3) is 17.7 Å². The molecule has 3 aromatic rings. The number of nitrogens with one attached hydrogen (secondary N) is 2. The van der Waals surface area contributed by atoms with Gasteiger partial charge < -0.3 is 25.0 Å². The van der Waals surface area contributed by atoms with Gasteiger partial charge in [-0.25, -0.2) is 18.7 Å². The van der Waals surface area contributed by atoms with E-state index in [1.807, 2.05) is 0 Å². The van der Waals surface area contributed by atoms with Crippen LogP contribution in [0.3, 0.4) is 0 Å². The van der Waals surface area contributed by atoms with Gasteiger partial charge in [0, 0.05) is 43.2 Å². The minimum atomic E-state index is -1.05. The summed E-state index contributed by atoms with van der Waals surface area (Å²) in [4.78, 5) is 48.1. The number of nitrogens with zero attached hydrogens (tertiary/aromatic N) is 3. The zero-order chi connectivity index (χ0) is 27.2. The van der Waals surface area contributed by atoms with E-state index < -0.39 is 29.0 Å². The average Bonchev–Trinajstić information content (AvgIpc) is 2.92. The van der Waals surface area contributed by atoms with Gasteiger partial charge in [0.1, 0.15) is 11.6 Å². The van der Waals surface area contributed by atoms with Crippen molar-refractivity contribution in [3.8, 4) is 11.5 Å². The van der Waals surface area contributed by atoms with Crippen molar-refractivity contribution in [2.24, 2.45) is 0 Å². The molecule has 0 radical (unpaired) electrons. The monoisotopic (exact) mass is 525 g/mol. The fourth-order valence-corrected chi connectivity index (χ4v) is 4.08. The standard InChI is InChI=1S/C26H25F2N5O5/c1-37-20-6-3-15(13-21(20)38-2)26(36)33-11-7-17(8-12-33)31-25(35)22-23(30-10-9-29-22)32-24(34)18-5-4-16(27)14-19(18)28/h3-6,9-10,13-14,17H,7-8,11-12H2,1-2H3,(H,31,35)(H,30,32,34). The topological polar surface area (TPSA) is 123 Å². The maximum Gasteiger partial charge on any atom is 0.273 e. The van der Waals surface area contributed by atoms with E-state index in [0.717, 1.165) is 12.1 Å². The second-order valence-corrected chi connectivity index (χ2v) is 8.44. The second-order valence-electron chi connectivity index (χ2n) is 8.44. The molecular formula is C26H25F2N5O5. The van der Waals surface area contributed by atoms with Crippen LogP contribution >= 0.6 is 0 Å². The SMILES string of the molecule is COc1ccc(C(=O)N2CCC(NC(=O)c3nccnc3NC(=O)c3ccc(F)cc3F)CC2)cc1OC. The average molecular weight is 526 g/mol. The third-order valence-electron chi connectivity index (χ3n) is 6.07.